The fourth-order valence-electron chi connectivity index (χ4n) is 6.78. The maximum absolute atomic E-state index is 14.1. The Balaban J connectivity index is 1.39. The zero-order valence-electron chi connectivity index (χ0n) is 30.4. The van der Waals surface area contributed by atoms with Crippen LogP contribution in [0.1, 0.15) is 77.8 Å². The van der Waals surface area contributed by atoms with Gasteiger partial charge in [-0.2, -0.15) is 0 Å². The van der Waals surface area contributed by atoms with Gasteiger partial charge in [0.2, 0.25) is 23.5 Å². The number of piperidine rings is 1. The van der Waals surface area contributed by atoms with Gasteiger partial charge < -0.3 is 25.8 Å². The molecule has 5 amide bonds. The van der Waals surface area contributed by atoms with E-state index in [1.54, 1.807) is 73.6 Å². The van der Waals surface area contributed by atoms with E-state index in [-0.39, 0.29) is 48.7 Å². The Kier molecular flexibility index (Phi) is 12.9. The molecule has 0 bridgehead atoms. The molecule has 1 unspecified atom stereocenters. The molecule has 1 saturated heterocycles. The van der Waals surface area contributed by atoms with Gasteiger partial charge in [0.1, 0.15) is 12.1 Å². The molecule has 0 radical (unpaired) electrons. The summed E-state index contributed by atoms with van der Waals surface area (Å²) in [4.78, 5) is 96.1. The highest BCUT2D eigenvalue weighted by atomic mass is 16.2. The zero-order chi connectivity index (χ0) is 37.5. The molecule has 2 aliphatic rings. The van der Waals surface area contributed by atoms with Gasteiger partial charge in [0.25, 0.3) is 0 Å². The number of anilines is 1. The van der Waals surface area contributed by atoms with Gasteiger partial charge in [-0.1, -0.05) is 82.6 Å². The Morgan fingerprint density at radius 2 is 1.51 bits per heavy atom. The number of hydrogen-bond donors (Lipinski definition) is 3. The van der Waals surface area contributed by atoms with Crippen LogP contribution >= 0.6 is 0 Å². The molecular formula is C39H51N5O7. The number of nitrogens with zero attached hydrogens (tertiary/aromatic N) is 2. The fraction of sp³-hybridized carbons (Fsp3) is 0.513. The molecule has 1 saturated carbocycles. The summed E-state index contributed by atoms with van der Waals surface area (Å²) in [6, 6.07) is 14.5. The Hall–Kier alpha value is -4.87. The second-order valence-electron chi connectivity index (χ2n) is 14.9. The molecule has 6 atom stereocenters. The number of Topliss-reactive ketones (excluding diaryl/α,β-unsaturated/α-hetero) is 3. The number of likely N-dealkylation sites (tertiary alicyclic amines) is 1. The minimum Gasteiger partial charge on any atom is -0.347 e. The van der Waals surface area contributed by atoms with Crippen molar-refractivity contribution in [1.82, 2.24) is 20.4 Å². The van der Waals surface area contributed by atoms with Crippen molar-refractivity contribution < 1.29 is 33.6 Å². The van der Waals surface area contributed by atoms with E-state index < -0.39 is 53.0 Å². The van der Waals surface area contributed by atoms with Crippen LogP contribution in [0.2, 0.25) is 0 Å². The lowest BCUT2D eigenvalue weighted by molar-refractivity contribution is -0.144. The lowest BCUT2D eigenvalue weighted by Gasteiger charge is -2.36. The molecule has 1 aliphatic carbocycles. The van der Waals surface area contributed by atoms with E-state index in [0.29, 0.717) is 30.6 Å². The molecule has 2 aromatic rings. The van der Waals surface area contributed by atoms with Crippen LogP contribution in [0.25, 0.3) is 0 Å². The van der Waals surface area contributed by atoms with Crippen molar-refractivity contribution in [3.8, 4) is 0 Å². The highest BCUT2D eigenvalue weighted by Crippen LogP contribution is 2.50. The Bertz CT molecular complexity index is 1600. The average Bonchev–Trinajstić information content (AvgIpc) is 3.75. The van der Waals surface area contributed by atoms with E-state index in [0.717, 1.165) is 6.42 Å². The van der Waals surface area contributed by atoms with Gasteiger partial charge in [-0.05, 0) is 47.8 Å². The van der Waals surface area contributed by atoms with Crippen molar-refractivity contribution in [2.75, 3.05) is 26.0 Å². The first-order chi connectivity index (χ1) is 24.1. The maximum atomic E-state index is 14.1. The lowest BCUT2D eigenvalue weighted by atomic mass is 9.84. The molecule has 1 heterocycles. The van der Waals surface area contributed by atoms with Gasteiger partial charge in [-0.25, -0.2) is 4.79 Å². The monoisotopic (exact) mass is 701 g/mol. The predicted octanol–water partition coefficient (Wildman–Crippen LogP) is 4.31. The first-order valence-corrected chi connectivity index (χ1v) is 17.7. The Labute approximate surface area is 300 Å². The number of urea groups is 1. The summed E-state index contributed by atoms with van der Waals surface area (Å²) in [6.07, 6.45) is 0.792. The highest BCUT2D eigenvalue weighted by Gasteiger charge is 2.58. The van der Waals surface area contributed by atoms with Crippen molar-refractivity contribution in [2.45, 2.75) is 84.3 Å². The quantitative estimate of drug-likeness (QED) is 0.220. The zero-order valence-corrected chi connectivity index (χ0v) is 30.4. The molecule has 0 spiro atoms. The molecule has 12 nitrogen and oxygen atoms in total. The van der Waals surface area contributed by atoms with Crippen LogP contribution in [-0.2, 0) is 28.8 Å². The number of nitrogens with one attached hydrogen (secondary N) is 3. The molecule has 12 heteroatoms. The third-order valence-corrected chi connectivity index (χ3v) is 9.62. The second-order valence-corrected chi connectivity index (χ2v) is 14.9. The number of ketones is 3. The number of fused-ring (bicyclic) bond motifs is 1. The van der Waals surface area contributed by atoms with Gasteiger partial charge in [0.05, 0.1) is 6.04 Å². The minimum absolute atomic E-state index is 0.0283. The standard InChI is InChI=1S/C39H51N5O7/c1-7-14-25(34(48)29(45)19-20-31(47)41-32(36(49)43(5)6)24-15-10-8-11-16-24)22-30(46)33-28-21-26(28)23-44(33)37(50)35(39(2,3)4)42-38(51)40-27-17-12-9-13-18-27/h8-13,15-18,25-26,28,32-33,35H,7,14,19-23H2,1-6H3,(H,41,47)(H2,40,42,51)/t25?,26-,28-,32-,33-,35+/m0/s1. The Morgan fingerprint density at radius 1 is 0.882 bits per heavy atom. The van der Waals surface area contributed by atoms with Gasteiger partial charge in [0.15, 0.2) is 11.6 Å². The molecule has 2 aromatic carbocycles. The van der Waals surface area contributed by atoms with E-state index >= 15 is 0 Å². The lowest BCUT2D eigenvalue weighted by Crippen LogP contribution is -2.58. The molecule has 0 aromatic heterocycles. The van der Waals surface area contributed by atoms with Gasteiger partial charge in [0, 0.05) is 51.5 Å². The SMILES string of the molecule is CCCC(CC(=O)[C@@H]1[C@H]2C[C@H]2CN1C(=O)[C@@H](NC(=O)Nc1ccccc1)C(C)(C)C)C(=O)C(=O)CCC(=O)N[C@H](C(=O)N(C)C)c1ccccc1. The van der Waals surface area contributed by atoms with Crippen molar-refractivity contribution in [3.63, 3.8) is 0 Å². The maximum Gasteiger partial charge on any atom is 0.319 e. The summed E-state index contributed by atoms with van der Waals surface area (Å²) in [5, 5.41) is 8.25. The minimum atomic E-state index is -0.945. The van der Waals surface area contributed by atoms with E-state index in [1.165, 1.54) is 4.90 Å². The normalized spacial score (nSPS) is 19.5. The summed E-state index contributed by atoms with van der Waals surface area (Å²) < 4.78 is 0. The molecule has 274 valence electrons. The van der Waals surface area contributed by atoms with Crippen molar-refractivity contribution in [2.24, 2.45) is 23.2 Å². The smallest absolute Gasteiger partial charge is 0.319 e. The van der Waals surface area contributed by atoms with Crippen molar-refractivity contribution in [3.05, 3.63) is 66.2 Å². The number of carbonyl (C=O) groups excluding carboxylic acids is 7. The van der Waals surface area contributed by atoms with Crippen LogP contribution in [0.3, 0.4) is 0 Å². The molecule has 1 aliphatic heterocycles. The third-order valence-electron chi connectivity index (χ3n) is 9.62. The molecule has 51 heavy (non-hydrogen) atoms. The van der Waals surface area contributed by atoms with Crippen LogP contribution < -0.4 is 16.0 Å². The predicted molar refractivity (Wildman–Crippen MR) is 192 cm³/mol. The number of para-hydroxylation sites is 1. The third kappa shape index (κ3) is 10.1. The molecule has 2 fully saturated rings. The van der Waals surface area contributed by atoms with Crippen LogP contribution in [-0.4, -0.2) is 83.6 Å². The van der Waals surface area contributed by atoms with Crippen molar-refractivity contribution in [1.29, 1.82) is 0 Å². The summed E-state index contributed by atoms with van der Waals surface area (Å²) >= 11 is 0. The van der Waals surface area contributed by atoms with Gasteiger partial charge >= 0.3 is 6.03 Å². The Morgan fingerprint density at radius 3 is 2.10 bits per heavy atom. The van der Waals surface area contributed by atoms with Crippen LogP contribution in [0.4, 0.5) is 10.5 Å². The second kappa shape index (κ2) is 16.9. The molecule has 4 rings (SSSR count). The number of rotatable bonds is 16. The molecule has 3 N–H and O–H groups in total. The topological polar surface area (TPSA) is 162 Å². The summed E-state index contributed by atoms with van der Waals surface area (Å²) in [5.74, 6) is -3.74. The largest absolute Gasteiger partial charge is 0.347 e. The number of likely N-dealkylation sites (N-methyl/N-ethyl adjacent to an activating group) is 1. The van der Waals surface area contributed by atoms with Crippen molar-refractivity contribution >= 4 is 46.8 Å². The first kappa shape index (κ1) is 38.9. The van der Waals surface area contributed by atoms with Crippen LogP contribution in [0.5, 0.6) is 0 Å². The van der Waals surface area contributed by atoms with E-state index in [4.69, 9.17) is 0 Å². The summed E-state index contributed by atoms with van der Waals surface area (Å²) in [5.41, 5.74) is 0.486. The van der Waals surface area contributed by atoms with Gasteiger partial charge in [-0.15, -0.1) is 0 Å². The fourth-order valence-corrected chi connectivity index (χ4v) is 6.78. The van der Waals surface area contributed by atoms with E-state index in [9.17, 15) is 33.6 Å². The van der Waals surface area contributed by atoms with Crippen LogP contribution in [0, 0.1) is 23.2 Å². The molecular weight excluding hydrogens is 650 g/mol. The van der Waals surface area contributed by atoms with Crippen LogP contribution in [0.15, 0.2) is 60.7 Å². The number of hydrogen-bond acceptors (Lipinski definition) is 7. The first-order valence-electron chi connectivity index (χ1n) is 17.7. The van der Waals surface area contributed by atoms with E-state index in [2.05, 4.69) is 16.0 Å². The van der Waals surface area contributed by atoms with E-state index in [1.807, 2.05) is 33.8 Å². The number of carbonyl (C=O) groups is 7. The summed E-state index contributed by atoms with van der Waals surface area (Å²) in [7, 11) is 3.16. The highest BCUT2D eigenvalue weighted by molar-refractivity contribution is 6.38. The number of benzene rings is 2. The average molecular weight is 702 g/mol. The van der Waals surface area contributed by atoms with Gasteiger partial charge in [-0.3, -0.25) is 28.8 Å². The number of amides is 5. The summed E-state index contributed by atoms with van der Waals surface area (Å²) in [6.45, 7) is 7.77.